The lowest BCUT2D eigenvalue weighted by Crippen LogP contribution is -1.96. The van der Waals surface area contributed by atoms with E-state index in [1.807, 2.05) is 0 Å². The molecule has 0 heterocycles. The van der Waals surface area contributed by atoms with Crippen molar-refractivity contribution in [3.05, 3.63) is 69.8 Å². The Morgan fingerprint density at radius 2 is 1.79 bits per heavy atom. The van der Waals surface area contributed by atoms with Gasteiger partial charge in [-0.25, -0.2) is 4.39 Å². The van der Waals surface area contributed by atoms with E-state index >= 15 is 0 Å². The third-order valence-corrected chi connectivity index (χ3v) is 3.52. The Bertz CT molecular complexity index is 602. The molecule has 0 spiro atoms. The number of nitro benzene ring substituents is 1. The molecule has 2 aromatic rings. The van der Waals surface area contributed by atoms with Crippen molar-refractivity contribution in [2.75, 3.05) is 0 Å². The quantitative estimate of drug-likeness (QED) is 0.480. The summed E-state index contributed by atoms with van der Waals surface area (Å²) in [5, 5.41) is 10.6. The van der Waals surface area contributed by atoms with Gasteiger partial charge >= 0.3 is 5.69 Å². The molecule has 0 N–H and O–H groups in total. The van der Waals surface area contributed by atoms with Crippen LogP contribution in [0.15, 0.2) is 47.4 Å². The van der Waals surface area contributed by atoms with Gasteiger partial charge in [-0.1, -0.05) is 12.1 Å². The molecule has 0 aromatic heterocycles. The van der Waals surface area contributed by atoms with Crippen LogP contribution in [0.2, 0.25) is 0 Å². The highest BCUT2D eigenvalue weighted by Crippen LogP contribution is 2.27. The molecule has 0 unspecified atom stereocenters. The van der Waals surface area contributed by atoms with E-state index in [-0.39, 0.29) is 17.1 Å². The molecule has 0 bridgehead atoms. The number of thioether (sulfide) groups is 1. The maximum Gasteiger partial charge on any atom is 0.305 e. The number of benzene rings is 2. The third-order valence-electron chi connectivity index (χ3n) is 2.46. The predicted molar refractivity (Wildman–Crippen MR) is 69.0 cm³/mol. The molecular formula is C13H9F2NO2S. The largest absolute Gasteiger partial charge is 0.305 e. The second-order valence-electron chi connectivity index (χ2n) is 3.75. The minimum Gasteiger partial charge on any atom is -0.258 e. The summed E-state index contributed by atoms with van der Waals surface area (Å²) >= 11 is 1.29. The van der Waals surface area contributed by atoms with Crippen LogP contribution >= 0.6 is 11.8 Å². The molecule has 0 atom stereocenters. The smallest absolute Gasteiger partial charge is 0.258 e. The maximum absolute atomic E-state index is 13.8. The van der Waals surface area contributed by atoms with Gasteiger partial charge in [0.05, 0.1) is 4.92 Å². The summed E-state index contributed by atoms with van der Waals surface area (Å²) in [6.07, 6.45) is 0. The molecule has 0 radical (unpaired) electrons. The molecule has 0 aliphatic carbocycles. The number of nitro groups is 1. The van der Waals surface area contributed by atoms with E-state index in [4.69, 9.17) is 0 Å². The standard InChI is InChI=1S/C13H9F2NO2S/c14-10-4-6-11(7-5-10)19-8-9-2-1-3-12(13(9)15)16(17)18/h1-7H,8H2. The Kier molecular flexibility index (Phi) is 4.11. The van der Waals surface area contributed by atoms with E-state index in [2.05, 4.69) is 0 Å². The number of hydrogen-bond acceptors (Lipinski definition) is 3. The van der Waals surface area contributed by atoms with Gasteiger partial charge in [-0.3, -0.25) is 10.1 Å². The molecule has 0 saturated carbocycles. The number of nitrogens with zero attached hydrogens (tertiary/aromatic N) is 1. The van der Waals surface area contributed by atoms with Crippen LogP contribution in [0.25, 0.3) is 0 Å². The average molecular weight is 281 g/mol. The van der Waals surface area contributed by atoms with Crippen LogP contribution < -0.4 is 0 Å². The van der Waals surface area contributed by atoms with E-state index < -0.39 is 16.4 Å². The van der Waals surface area contributed by atoms with Gasteiger partial charge < -0.3 is 0 Å². The normalized spacial score (nSPS) is 10.4. The van der Waals surface area contributed by atoms with E-state index in [0.29, 0.717) is 0 Å². The molecule has 2 rings (SSSR count). The number of halogens is 2. The van der Waals surface area contributed by atoms with Crippen LogP contribution in [-0.4, -0.2) is 4.92 Å². The van der Waals surface area contributed by atoms with Crippen LogP contribution in [0.5, 0.6) is 0 Å². The summed E-state index contributed by atoms with van der Waals surface area (Å²) in [4.78, 5) is 10.6. The van der Waals surface area contributed by atoms with Gasteiger partial charge in [-0.2, -0.15) is 4.39 Å². The summed E-state index contributed by atoms with van der Waals surface area (Å²) in [5.74, 6) is -0.910. The maximum atomic E-state index is 13.8. The number of rotatable bonds is 4. The summed E-state index contributed by atoms with van der Waals surface area (Å²) in [5.41, 5.74) is -0.277. The van der Waals surface area contributed by atoms with Gasteiger partial charge in [0.25, 0.3) is 0 Å². The molecule has 6 heteroatoms. The van der Waals surface area contributed by atoms with E-state index in [1.165, 1.54) is 36.0 Å². The van der Waals surface area contributed by atoms with Crippen LogP contribution in [0, 0.1) is 21.7 Å². The molecule has 3 nitrogen and oxygen atoms in total. The van der Waals surface area contributed by atoms with Crippen molar-refractivity contribution in [1.82, 2.24) is 0 Å². The molecule has 0 aliphatic heterocycles. The van der Waals surface area contributed by atoms with E-state index in [9.17, 15) is 18.9 Å². The number of hydrogen-bond donors (Lipinski definition) is 0. The SMILES string of the molecule is O=[N+]([O-])c1cccc(CSc2ccc(F)cc2)c1F. The first kappa shape index (κ1) is 13.5. The van der Waals surface area contributed by atoms with Gasteiger partial charge in [-0.15, -0.1) is 11.8 Å². The predicted octanol–water partition coefficient (Wildman–Crippen LogP) is 4.17. The minimum absolute atomic E-state index is 0.249. The fourth-order valence-electron chi connectivity index (χ4n) is 1.51. The summed E-state index contributed by atoms with van der Waals surface area (Å²) in [7, 11) is 0. The Labute approximate surface area is 112 Å². The Hall–Kier alpha value is -1.95. The first-order chi connectivity index (χ1) is 9.08. The Morgan fingerprint density at radius 3 is 2.42 bits per heavy atom. The van der Waals surface area contributed by atoms with Crippen LogP contribution in [0.1, 0.15) is 5.56 Å². The molecule has 19 heavy (non-hydrogen) atoms. The Balaban J connectivity index is 2.13. The van der Waals surface area contributed by atoms with Gasteiger partial charge in [0.15, 0.2) is 0 Å². The van der Waals surface area contributed by atoms with Crippen molar-refractivity contribution in [3.8, 4) is 0 Å². The highest BCUT2D eigenvalue weighted by Gasteiger charge is 2.16. The van der Waals surface area contributed by atoms with Crippen molar-refractivity contribution < 1.29 is 13.7 Å². The second kappa shape index (κ2) is 5.79. The minimum atomic E-state index is -0.817. The molecular weight excluding hydrogens is 272 g/mol. The fourth-order valence-corrected chi connectivity index (χ4v) is 2.38. The highest BCUT2D eigenvalue weighted by molar-refractivity contribution is 7.98. The van der Waals surface area contributed by atoms with Crippen LogP contribution in [0.4, 0.5) is 14.5 Å². The summed E-state index contributed by atoms with van der Waals surface area (Å²) in [6, 6.07) is 9.85. The van der Waals surface area contributed by atoms with E-state index in [1.54, 1.807) is 12.1 Å². The van der Waals surface area contributed by atoms with Crippen molar-refractivity contribution >= 4 is 17.4 Å². The lowest BCUT2D eigenvalue weighted by Gasteiger charge is -2.04. The van der Waals surface area contributed by atoms with Crippen molar-refractivity contribution in [2.45, 2.75) is 10.6 Å². The molecule has 0 amide bonds. The van der Waals surface area contributed by atoms with Gasteiger partial charge in [-0.05, 0) is 24.3 Å². The first-order valence-electron chi connectivity index (χ1n) is 5.38. The second-order valence-corrected chi connectivity index (χ2v) is 4.80. The van der Waals surface area contributed by atoms with Gasteiger partial charge in [0.2, 0.25) is 5.82 Å². The van der Waals surface area contributed by atoms with Crippen molar-refractivity contribution in [3.63, 3.8) is 0 Å². The Morgan fingerprint density at radius 1 is 1.11 bits per heavy atom. The summed E-state index contributed by atoms with van der Waals surface area (Å²) in [6.45, 7) is 0. The molecule has 0 fully saturated rings. The zero-order valence-corrected chi connectivity index (χ0v) is 10.5. The van der Waals surface area contributed by atoms with Crippen molar-refractivity contribution in [2.24, 2.45) is 0 Å². The monoisotopic (exact) mass is 281 g/mol. The topological polar surface area (TPSA) is 43.1 Å². The van der Waals surface area contributed by atoms with E-state index in [0.717, 1.165) is 11.0 Å². The average Bonchev–Trinajstić information content (AvgIpc) is 2.39. The molecule has 0 aliphatic rings. The highest BCUT2D eigenvalue weighted by atomic mass is 32.2. The van der Waals surface area contributed by atoms with Gasteiger partial charge in [0.1, 0.15) is 5.82 Å². The molecule has 0 saturated heterocycles. The third kappa shape index (κ3) is 3.29. The first-order valence-corrected chi connectivity index (χ1v) is 6.36. The summed E-state index contributed by atoms with van der Waals surface area (Å²) < 4.78 is 26.5. The zero-order valence-electron chi connectivity index (χ0n) is 9.68. The lowest BCUT2D eigenvalue weighted by atomic mass is 10.2. The fraction of sp³-hybridized carbons (Fsp3) is 0.0769. The van der Waals surface area contributed by atoms with Crippen LogP contribution in [0.3, 0.4) is 0 Å². The molecule has 98 valence electrons. The van der Waals surface area contributed by atoms with Crippen LogP contribution in [-0.2, 0) is 5.75 Å². The molecule has 2 aromatic carbocycles. The van der Waals surface area contributed by atoms with Gasteiger partial charge in [0, 0.05) is 22.3 Å². The lowest BCUT2D eigenvalue weighted by molar-refractivity contribution is -0.387. The van der Waals surface area contributed by atoms with Crippen molar-refractivity contribution in [1.29, 1.82) is 0 Å². The zero-order chi connectivity index (χ0) is 13.8.